The molecule has 142 valence electrons. The molecule has 2 fully saturated rings. The van der Waals surface area contributed by atoms with E-state index < -0.39 is 39.6 Å². The Morgan fingerprint density at radius 1 is 1.08 bits per heavy atom. The van der Waals surface area contributed by atoms with Crippen LogP contribution in [0.25, 0.3) is 0 Å². The van der Waals surface area contributed by atoms with Gasteiger partial charge in [0.05, 0.1) is 4.90 Å². The van der Waals surface area contributed by atoms with Crippen molar-refractivity contribution in [2.75, 3.05) is 13.1 Å². The summed E-state index contributed by atoms with van der Waals surface area (Å²) in [7, 11) is -3.95. The molecule has 0 bridgehead atoms. The Labute approximate surface area is 146 Å². The predicted molar refractivity (Wildman–Crippen MR) is 80.5 cm³/mol. The minimum Gasteiger partial charge on any atom is -0.406 e. The Bertz CT molecular complexity index is 830. The number of urea groups is 1. The molecule has 12 heteroatoms. The lowest BCUT2D eigenvalue weighted by molar-refractivity contribution is -0.274. The van der Waals surface area contributed by atoms with E-state index in [1.807, 2.05) is 0 Å². The predicted octanol–water partition coefficient (Wildman–Crippen LogP) is 0.948. The number of amides is 3. The van der Waals surface area contributed by atoms with E-state index in [2.05, 4.69) is 15.4 Å². The third-order valence-electron chi connectivity index (χ3n) is 4.29. The molecule has 0 saturated carbocycles. The lowest BCUT2D eigenvalue weighted by atomic mass is 9.89. The summed E-state index contributed by atoms with van der Waals surface area (Å²) in [5.41, 5.74) is -1.12. The number of hydrogen-bond donors (Lipinski definition) is 2. The van der Waals surface area contributed by atoms with Crippen molar-refractivity contribution in [3.8, 4) is 5.75 Å². The Kier molecular flexibility index (Phi) is 4.35. The maximum atomic E-state index is 12.6. The van der Waals surface area contributed by atoms with Crippen LogP contribution in [0, 0.1) is 0 Å². The molecule has 2 aliphatic heterocycles. The highest BCUT2D eigenvalue weighted by atomic mass is 32.2. The molecule has 2 aliphatic rings. The second kappa shape index (κ2) is 6.13. The molecule has 2 saturated heterocycles. The molecule has 2 N–H and O–H groups in total. The Morgan fingerprint density at radius 3 is 2.12 bits per heavy atom. The minimum atomic E-state index is -4.87. The van der Waals surface area contributed by atoms with Crippen LogP contribution < -0.4 is 15.4 Å². The number of hydrogen-bond acceptors (Lipinski definition) is 5. The van der Waals surface area contributed by atoms with E-state index in [0.717, 1.165) is 28.6 Å². The number of piperidine rings is 1. The van der Waals surface area contributed by atoms with Crippen LogP contribution in [0.3, 0.4) is 0 Å². The molecular formula is C14H14F3N3O5S. The number of nitrogens with one attached hydrogen (secondary N) is 2. The van der Waals surface area contributed by atoms with Gasteiger partial charge in [-0.2, -0.15) is 4.31 Å². The van der Waals surface area contributed by atoms with E-state index in [1.54, 1.807) is 0 Å². The number of sulfonamides is 1. The number of carbonyl (C=O) groups is 2. The number of alkyl halides is 3. The monoisotopic (exact) mass is 393 g/mol. The van der Waals surface area contributed by atoms with Crippen LogP contribution in [0.1, 0.15) is 12.8 Å². The molecule has 0 unspecified atom stereocenters. The number of nitrogens with zero attached hydrogens (tertiary/aromatic N) is 1. The molecule has 1 aromatic rings. The molecule has 3 amide bonds. The molecule has 1 spiro atoms. The highest BCUT2D eigenvalue weighted by Crippen LogP contribution is 2.30. The van der Waals surface area contributed by atoms with Crippen LogP contribution in [0.4, 0.5) is 18.0 Å². The van der Waals surface area contributed by atoms with Crippen LogP contribution in [0.2, 0.25) is 0 Å². The van der Waals surface area contributed by atoms with Crippen molar-refractivity contribution in [2.24, 2.45) is 0 Å². The van der Waals surface area contributed by atoms with Crippen molar-refractivity contribution in [2.45, 2.75) is 29.6 Å². The number of imide groups is 1. The van der Waals surface area contributed by atoms with Crippen molar-refractivity contribution >= 4 is 22.0 Å². The van der Waals surface area contributed by atoms with E-state index >= 15 is 0 Å². The molecule has 0 aliphatic carbocycles. The van der Waals surface area contributed by atoms with Crippen LogP contribution in [0.5, 0.6) is 5.75 Å². The molecule has 2 heterocycles. The van der Waals surface area contributed by atoms with Crippen molar-refractivity contribution < 1.29 is 35.9 Å². The van der Waals surface area contributed by atoms with Crippen molar-refractivity contribution in [1.29, 1.82) is 0 Å². The Morgan fingerprint density at radius 2 is 1.65 bits per heavy atom. The van der Waals surface area contributed by atoms with Gasteiger partial charge in [0.2, 0.25) is 10.0 Å². The average Bonchev–Trinajstić information content (AvgIpc) is 2.80. The van der Waals surface area contributed by atoms with E-state index in [9.17, 15) is 31.2 Å². The van der Waals surface area contributed by atoms with Gasteiger partial charge >= 0.3 is 12.4 Å². The standard InChI is InChI=1S/C14H14F3N3O5S/c15-14(16,17)25-9-1-3-10(4-2-9)26(23,24)20-7-5-13(6-8-20)11(21)18-12(22)19-13/h1-4H,5-8H2,(H2,18,19,21,22). The van der Waals surface area contributed by atoms with E-state index in [-0.39, 0.29) is 30.8 Å². The van der Waals surface area contributed by atoms with Gasteiger partial charge in [0.15, 0.2) is 0 Å². The van der Waals surface area contributed by atoms with Gasteiger partial charge in [-0.3, -0.25) is 10.1 Å². The largest absolute Gasteiger partial charge is 0.573 e. The number of halogens is 3. The zero-order valence-corrected chi connectivity index (χ0v) is 14.0. The van der Waals surface area contributed by atoms with Crippen LogP contribution >= 0.6 is 0 Å². The van der Waals surface area contributed by atoms with Gasteiger partial charge in [0.1, 0.15) is 11.3 Å². The first-order valence-corrected chi connectivity index (χ1v) is 8.95. The molecule has 0 aromatic heterocycles. The minimum absolute atomic E-state index is 0.0170. The third kappa shape index (κ3) is 3.46. The summed E-state index contributed by atoms with van der Waals surface area (Å²) in [5.74, 6) is -1.02. The smallest absolute Gasteiger partial charge is 0.406 e. The van der Waals surface area contributed by atoms with Crippen LogP contribution in [-0.2, 0) is 14.8 Å². The summed E-state index contributed by atoms with van der Waals surface area (Å²) in [4.78, 5) is 23.0. The van der Waals surface area contributed by atoms with E-state index in [4.69, 9.17) is 0 Å². The maximum Gasteiger partial charge on any atom is 0.573 e. The maximum absolute atomic E-state index is 12.6. The van der Waals surface area contributed by atoms with Crippen LogP contribution in [0.15, 0.2) is 29.2 Å². The molecule has 1 aromatic carbocycles. The Balaban J connectivity index is 1.71. The van der Waals surface area contributed by atoms with E-state index in [0.29, 0.717) is 0 Å². The summed E-state index contributed by atoms with van der Waals surface area (Å²) in [6.45, 7) is -0.0341. The second-order valence-corrected chi connectivity index (χ2v) is 7.85. The van der Waals surface area contributed by atoms with Gasteiger partial charge in [-0.15, -0.1) is 13.2 Å². The number of rotatable bonds is 3. The molecule has 3 rings (SSSR count). The number of benzene rings is 1. The van der Waals surface area contributed by atoms with Crippen molar-refractivity contribution in [3.05, 3.63) is 24.3 Å². The van der Waals surface area contributed by atoms with Gasteiger partial charge < -0.3 is 10.1 Å². The highest BCUT2D eigenvalue weighted by molar-refractivity contribution is 7.89. The lowest BCUT2D eigenvalue weighted by Gasteiger charge is -2.36. The zero-order chi connectivity index (χ0) is 19.2. The second-order valence-electron chi connectivity index (χ2n) is 5.91. The van der Waals surface area contributed by atoms with Gasteiger partial charge in [-0.25, -0.2) is 13.2 Å². The molecular weight excluding hydrogens is 379 g/mol. The van der Waals surface area contributed by atoms with Gasteiger partial charge in [-0.1, -0.05) is 0 Å². The first kappa shape index (κ1) is 18.5. The number of carbonyl (C=O) groups excluding carboxylic acids is 2. The molecule has 8 nitrogen and oxygen atoms in total. The fourth-order valence-electron chi connectivity index (χ4n) is 2.95. The van der Waals surface area contributed by atoms with Crippen LogP contribution in [-0.4, -0.2) is 49.7 Å². The summed E-state index contributed by atoms with van der Waals surface area (Å²) in [6, 6.07) is 3.24. The van der Waals surface area contributed by atoms with Gasteiger partial charge in [-0.05, 0) is 37.1 Å². The fraction of sp³-hybridized carbons (Fsp3) is 0.429. The van der Waals surface area contributed by atoms with Gasteiger partial charge in [0, 0.05) is 13.1 Å². The fourth-order valence-corrected chi connectivity index (χ4v) is 4.39. The third-order valence-corrected chi connectivity index (χ3v) is 6.20. The normalized spacial score (nSPS) is 20.7. The molecule has 0 radical (unpaired) electrons. The SMILES string of the molecule is O=C1NC(=O)C2(CCN(S(=O)(=O)c3ccc(OC(F)(F)F)cc3)CC2)N1. The quantitative estimate of drug-likeness (QED) is 0.744. The zero-order valence-electron chi connectivity index (χ0n) is 13.2. The van der Waals surface area contributed by atoms with Crippen molar-refractivity contribution in [1.82, 2.24) is 14.9 Å². The van der Waals surface area contributed by atoms with Gasteiger partial charge in [0.25, 0.3) is 5.91 Å². The summed E-state index contributed by atoms with van der Waals surface area (Å²) >= 11 is 0. The average molecular weight is 393 g/mol. The molecule has 26 heavy (non-hydrogen) atoms. The summed E-state index contributed by atoms with van der Waals surface area (Å²) in [5, 5.41) is 4.64. The van der Waals surface area contributed by atoms with E-state index in [1.165, 1.54) is 0 Å². The lowest BCUT2D eigenvalue weighted by Crippen LogP contribution is -2.55. The first-order valence-electron chi connectivity index (χ1n) is 7.51. The van der Waals surface area contributed by atoms with Crippen molar-refractivity contribution in [3.63, 3.8) is 0 Å². The summed E-state index contributed by atoms with van der Waals surface area (Å²) < 4.78 is 66.5. The number of ether oxygens (including phenoxy) is 1. The highest BCUT2D eigenvalue weighted by Gasteiger charge is 2.49. The Hall–Kier alpha value is -2.34. The first-order chi connectivity index (χ1) is 12.0. The molecule has 0 atom stereocenters. The summed E-state index contributed by atoms with van der Waals surface area (Å²) in [6.07, 6.45) is -4.67. The topological polar surface area (TPSA) is 105 Å².